The van der Waals surface area contributed by atoms with Crippen LogP contribution in [-0.4, -0.2) is 40.4 Å². The zero-order chi connectivity index (χ0) is 27.9. The molecule has 1 fully saturated rings. The molecule has 0 bridgehead atoms. The topological polar surface area (TPSA) is 108 Å². The van der Waals surface area contributed by atoms with Crippen molar-refractivity contribution in [3.8, 4) is 0 Å². The average molecular weight is 540 g/mol. The van der Waals surface area contributed by atoms with E-state index in [2.05, 4.69) is 10.4 Å². The quantitative estimate of drug-likeness (QED) is 0.362. The van der Waals surface area contributed by atoms with Crippen molar-refractivity contribution in [1.82, 2.24) is 5.01 Å². The Morgan fingerprint density at radius 1 is 0.975 bits per heavy atom. The molecule has 5 rings (SSSR count). The van der Waals surface area contributed by atoms with E-state index in [-0.39, 0.29) is 36.7 Å². The molecule has 2 N–H and O–H groups in total. The molecule has 206 valence electrons. The Hall–Kier alpha value is -4.46. The first-order chi connectivity index (χ1) is 19.5. The molecule has 3 aromatic rings. The lowest BCUT2D eigenvalue weighted by Crippen LogP contribution is -2.36. The summed E-state index contributed by atoms with van der Waals surface area (Å²) in [6, 6.07) is 24.8. The zero-order valence-electron chi connectivity index (χ0n) is 22.3. The van der Waals surface area contributed by atoms with E-state index in [0.717, 1.165) is 47.9 Å². The highest BCUT2D eigenvalue weighted by molar-refractivity contribution is 5.98. The highest BCUT2D eigenvalue weighted by Crippen LogP contribution is 2.38. The summed E-state index contributed by atoms with van der Waals surface area (Å²) in [5.74, 6) is -0.748. The Labute approximate surface area is 233 Å². The van der Waals surface area contributed by atoms with Gasteiger partial charge < -0.3 is 15.2 Å². The van der Waals surface area contributed by atoms with Gasteiger partial charge in [-0.15, -0.1) is 5.10 Å². The average Bonchev–Trinajstić information content (AvgIpc) is 3.49. The number of aryl methyl sites for hydroxylation is 1. The molecular weight excluding hydrogens is 506 g/mol. The number of aliphatic carboxylic acids is 1. The Morgan fingerprint density at radius 2 is 1.73 bits per heavy atom. The summed E-state index contributed by atoms with van der Waals surface area (Å²) < 4.78 is 5.55. The van der Waals surface area contributed by atoms with Crippen molar-refractivity contribution >= 4 is 29.4 Å². The smallest absolute Gasteiger partial charge is 0.303 e. The number of carboxylic acid groups (broad SMARTS) is 1. The van der Waals surface area contributed by atoms with E-state index in [1.165, 1.54) is 5.01 Å². The van der Waals surface area contributed by atoms with Gasteiger partial charge in [-0.2, -0.15) is 0 Å². The molecule has 40 heavy (non-hydrogen) atoms. The predicted octanol–water partition coefficient (Wildman–Crippen LogP) is 5.34. The van der Waals surface area contributed by atoms with Crippen LogP contribution in [0.3, 0.4) is 0 Å². The number of benzene rings is 3. The predicted molar refractivity (Wildman–Crippen MR) is 152 cm³/mol. The molecule has 0 saturated heterocycles. The molecule has 2 amide bonds. The second-order valence-electron chi connectivity index (χ2n) is 10.4. The van der Waals surface area contributed by atoms with Crippen LogP contribution in [0.15, 0.2) is 84.0 Å². The first kappa shape index (κ1) is 27.1. The summed E-state index contributed by atoms with van der Waals surface area (Å²) in [5, 5.41) is 17.9. The lowest BCUT2D eigenvalue weighted by atomic mass is 9.83. The van der Waals surface area contributed by atoms with E-state index in [1.54, 1.807) is 0 Å². The third-order valence-electron chi connectivity index (χ3n) is 7.50. The summed E-state index contributed by atoms with van der Waals surface area (Å²) in [7, 11) is 0. The number of carbonyl (C=O) groups is 3. The van der Waals surface area contributed by atoms with Crippen LogP contribution in [0.4, 0.5) is 5.69 Å². The molecule has 1 atom stereocenters. The third kappa shape index (κ3) is 6.75. The van der Waals surface area contributed by atoms with Gasteiger partial charge in [-0.3, -0.25) is 14.4 Å². The van der Waals surface area contributed by atoms with Gasteiger partial charge in [-0.05, 0) is 66.1 Å². The van der Waals surface area contributed by atoms with E-state index in [1.807, 2.05) is 78.9 Å². The fourth-order valence-electron chi connectivity index (χ4n) is 5.45. The first-order valence-electron chi connectivity index (χ1n) is 13.7. The van der Waals surface area contributed by atoms with Crippen molar-refractivity contribution in [3.63, 3.8) is 0 Å². The number of carbonyl (C=O) groups excluding carboxylic acids is 2. The van der Waals surface area contributed by atoms with Crippen LogP contribution in [-0.2, 0) is 32.1 Å². The van der Waals surface area contributed by atoms with Crippen molar-refractivity contribution in [2.75, 3.05) is 11.9 Å². The molecule has 1 heterocycles. The number of carboxylic acids is 1. The number of anilines is 1. The van der Waals surface area contributed by atoms with Gasteiger partial charge in [0.1, 0.15) is 0 Å². The number of amides is 2. The van der Waals surface area contributed by atoms with Crippen molar-refractivity contribution in [2.45, 2.75) is 51.0 Å². The number of hydrogen-bond acceptors (Lipinski definition) is 5. The Kier molecular flexibility index (Phi) is 8.54. The van der Waals surface area contributed by atoms with Crippen LogP contribution in [0.1, 0.15) is 60.3 Å². The van der Waals surface area contributed by atoms with Gasteiger partial charge in [-0.25, -0.2) is 5.01 Å². The molecule has 8 heteroatoms. The molecule has 0 radical (unpaired) electrons. The van der Waals surface area contributed by atoms with Gasteiger partial charge in [0.15, 0.2) is 6.61 Å². The lowest BCUT2D eigenvalue weighted by Gasteiger charge is -2.25. The number of rotatable bonds is 10. The number of hydrazone groups is 1. The van der Waals surface area contributed by atoms with Gasteiger partial charge >= 0.3 is 5.97 Å². The monoisotopic (exact) mass is 539 g/mol. The van der Waals surface area contributed by atoms with E-state index in [9.17, 15) is 14.4 Å². The van der Waals surface area contributed by atoms with Crippen molar-refractivity contribution in [3.05, 3.63) is 101 Å². The van der Waals surface area contributed by atoms with Gasteiger partial charge in [0.2, 0.25) is 11.8 Å². The SMILES string of the molecule is O=C(O)CCc1cccc(NC(=O)[C@H](c2ccc(CN3N=C(c4ccccc4)OCC3=O)cc2)C2CCCC2)c1. The fourth-order valence-corrected chi connectivity index (χ4v) is 5.45. The summed E-state index contributed by atoms with van der Waals surface area (Å²) in [5.41, 5.74) is 4.21. The lowest BCUT2D eigenvalue weighted by molar-refractivity contribution is -0.137. The Morgan fingerprint density at radius 3 is 2.45 bits per heavy atom. The maximum atomic E-state index is 13.6. The second-order valence-corrected chi connectivity index (χ2v) is 10.4. The molecular formula is C32H33N3O5. The number of ether oxygens (including phenoxy) is 1. The highest BCUT2D eigenvalue weighted by atomic mass is 16.5. The minimum absolute atomic E-state index is 0.0450. The van der Waals surface area contributed by atoms with Crippen LogP contribution < -0.4 is 5.32 Å². The molecule has 0 unspecified atom stereocenters. The van der Waals surface area contributed by atoms with Crippen molar-refractivity contribution < 1.29 is 24.2 Å². The molecule has 3 aromatic carbocycles. The van der Waals surface area contributed by atoms with Gasteiger partial charge in [0.25, 0.3) is 5.91 Å². The molecule has 2 aliphatic rings. The van der Waals surface area contributed by atoms with Gasteiger partial charge in [0.05, 0.1) is 12.5 Å². The zero-order valence-corrected chi connectivity index (χ0v) is 22.3. The molecule has 1 saturated carbocycles. The van der Waals surface area contributed by atoms with E-state index in [0.29, 0.717) is 24.6 Å². The molecule has 1 aliphatic heterocycles. The molecule has 8 nitrogen and oxygen atoms in total. The molecule has 0 aromatic heterocycles. The summed E-state index contributed by atoms with van der Waals surface area (Å²) in [4.78, 5) is 37.1. The number of nitrogens with zero attached hydrogens (tertiary/aromatic N) is 2. The van der Waals surface area contributed by atoms with Crippen LogP contribution >= 0.6 is 0 Å². The maximum Gasteiger partial charge on any atom is 0.303 e. The van der Waals surface area contributed by atoms with Gasteiger partial charge in [0, 0.05) is 17.7 Å². The van der Waals surface area contributed by atoms with E-state index in [4.69, 9.17) is 9.84 Å². The summed E-state index contributed by atoms with van der Waals surface area (Å²) in [6.07, 6.45) is 4.67. The molecule has 1 aliphatic carbocycles. The maximum absolute atomic E-state index is 13.6. The summed E-state index contributed by atoms with van der Waals surface area (Å²) in [6.45, 7) is 0.246. The number of nitrogens with one attached hydrogen (secondary N) is 1. The Bertz CT molecular complexity index is 1380. The fraction of sp³-hybridized carbons (Fsp3) is 0.312. The van der Waals surface area contributed by atoms with Gasteiger partial charge in [-0.1, -0.05) is 67.4 Å². The van der Waals surface area contributed by atoms with Crippen LogP contribution in [0.2, 0.25) is 0 Å². The Balaban J connectivity index is 1.30. The van der Waals surface area contributed by atoms with Crippen molar-refractivity contribution in [2.24, 2.45) is 11.0 Å². The first-order valence-corrected chi connectivity index (χ1v) is 13.7. The minimum Gasteiger partial charge on any atom is -0.481 e. The number of hydrogen-bond donors (Lipinski definition) is 2. The van der Waals surface area contributed by atoms with Crippen molar-refractivity contribution in [1.29, 1.82) is 0 Å². The van der Waals surface area contributed by atoms with Crippen LogP contribution in [0.5, 0.6) is 0 Å². The summed E-state index contributed by atoms with van der Waals surface area (Å²) >= 11 is 0. The van der Waals surface area contributed by atoms with Crippen LogP contribution in [0, 0.1) is 5.92 Å². The second kappa shape index (κ2) is 12.6. The molecule has 0 spiro atoms. The minimum atomic E-state index is -0.847. The normalized spacial score (nSPS) is 16.2. The highest BCUT2D eigenvalue weighted by Gasteiger charge is 2.32. The van der Waals surface area contributed by atoms with E-state index >= 15 is 0 Å². The largest absolute Gasteiger partial charge is 0.481 e. The van der Waals surface area contributed by atoms with Crippen LogP contribution in [0.25, 0.3) is 0 Å². The standard InChI is InChI=1S/C32H33N3O5/c36-28-21-40-32(26-10-2-1-3-11-26)34-35(28)20-23-13-16-25(17-14-23)30(24-8-4-5-9-24)31(39)33-27-12-6-7-22(19-27)15-18-29(37)38/h1-3,6-7,10-14,16-17,19,24,30H,4-5,8-9,15,18,20-21H2,(H,33,39)(H,37,38)/t30-/m0/s1. The van der Waals surface area contributed by atoms with E-state index < -0.39 is 5.97 Å². The third-order valence-corrected chi connectivity index (χ3v) is 7.50.